The maximum absolute atomic E-state index is 11.1. The number of hydrogen-bond acceptors (Lipinski definition) is 3. The first kappa shape index (κ1) is 16.2. The fourth-order valence-electron chi connectivity index (χ4n) is 3.08. The lowest BCUT2D eigenvalue weighted by atomic mass is 9.87. The zero-order valence-electron chi connectivity index (χ0n) is 12.2. The van der Waals surface area contributed by atoms with E-state index in [1.165, 1.54) is 45.5 Å². The van der Waals surface area contributed by atoms with E-state index in [0.717, 1.165) is 32.1 Å². The van der Waals surface area contributed by atoms with Crippen LogP contribution in [0.3, 0.4) is 0 Å². The number of methoxy groups -OCH3 is 1. The third-order valence-corrected chi connectivity index (χ3v) is 4.33. The van der Waals surface area contributed by atoms with Crippen LogP contribution < -0.4 is 0 Å². The van der Waals surface area contributed by atoms with Crippen LogP contribution in [0.4, 0.5) is 0 Å². The maximum Gasteiger partial charge on any atom is 0.305 e. The number of carbonyl (C=O) groups is 2. The standard InChI is InChI=1S/C16H28O3/c1-19-16(18)12-6-4-2-3-5-11-15(13-17)14-9-7-8-10-14/h13-15H,2-12H2,1H3. The summed E-state index contributed by atoms with van der Waals surface area (Å²) in [5.74, 6) is 0.858. The van der Waals surface area contributed by atoms with Crippen LogP contribution in [-0.4, -0.2) is 19.4 Å². The molecule has 1 rings (SSSR count). The molecule has 1 atom stereocenters. The molecule has 0 heterocycles. The minimum Gasteiger partial charge on any atom is -0.469 e. The van der Waals surface area contributed by atoms with Crippen molar-refractivity contribution < 1.29 is 14.3 Å². The first-order valence-electron chi connectivity index (χ1n) is 7.80. The van der Waals surface area contributed by atoms with Crippen molar-refractivity contribution in [2.45, 2.75) is 70.6 Å². The molecule has 0 spiro atoms. The predicted octanol–water partition coefficient (Wildman–Crippen LogP) is 3.90. The molecule has 0 aromatic carbocycles. The molecule has 0 N–H and O–H groups in total. The van der Waals surface area contributed by atoms with Crippen LogP contribution in [0, 0.1) is 11.8 Å². The van der Waals surface area contributed by atoms with Crippen LogP contribution >= 0.6 is 0 Å². The lowest BCUT2D eigenvalue weighted by Gasteiger charge is -2.17. The van der Waals surface area contributed by atoms with Crippen LogP contribution in [-0.2, 0) is 14.3 Å². The molecule has 0 aromatic heterocycles. The van der Waals surface area contributed by atoms with Crippen molar-refractivity contribution in [3.8, 4) is 0 Å². The Morgan fingerprint density at radius 3 is 2.42 bits per heavy atom. The fourth-order valence-corrected chi connectivity index (χ4v) is 3.08. The molecule has 0 amide bonds. The van der Waals surface area contributed by atoms with E-state index in [2.05, 4.69) is 4.74 Å². The Hall–Kier alpha value is -0.860. The van der Waals surface area contributed by atoms with Crippen molar-refractivity contribution in [2.75, 3.05) is 7.11 Å². The van der Waals surface area contributed by atoms with E-state index < -0.39 is 0 Å². The van der Waals surface area contributed by atoms with Crippen LogP contribution in [0.2, 0.25) is 0 Å². The number of carbonyl (C=O) groups excluding carboxylic acids is 2. The topological polar surface area (TPSA) is 43.4 Å². The van der Waals surface area contributed by atoms with E-state index >= 15 is 0 Å². The molecule has 1 aliphatic rings. The lowest BCUT2D eigenvalue weighted by molar-refractivity contribution is -0.140. The van der Waals surface area contributed by atoms with Crippen molar-refractivity contribution >= 4 is 12.3 Å². The van der Waals surface area contributed by atoms with Crippen LogP contribution in [0.15, 0.2) is 0 Å². The van der Waals surface area contributed by atoms with Crippen molar-refractivity contribution in [1.29, 1.82) is 0 Å². The quantitative estimate of drug-likeness (QED) is 0.343. The van der Waals surface area contributed by atoms with Gasteiger partial charge in [0.1, 0.15) is 6.29 Å². The molecule has 0 bridgehead atoms. The molecular formula is C16H28O3. The zero-order chi connectivity index (χ0) is 13.9. The molecule has 0 aliphatic heterocycles. The van der Waals surface area contributed by atoms with E-state index in [9.17, 15) is 9.59 Å². The molecule has 1 saturated carbocycles. The van der Waals surface area contributed by atoms with Gasteiger partial charge in [-0.15, -0.1) is 0 Å². The van der Waals surface area contributed by atoms with Crippen LogP contribution in [0.1, 0.15) is 70.6 Å². The molecule has 3 nitrogen and oxygen atoms in total. The zero-order valence-corrected chi connectivity index (χ0v) is 12.2. The maximum atomic E-state index is 11.1. The smallest absolute Gasteiger partial charge is 0.305 e. The summed E-state index contributed by atoms with van der Waals surface area (Å²) in [6.45, 7) is 0. The van der Waals surface area contributed by atoms with Gasteiger partial charge in [-0.2, -0.15) is 0 Å². The summed E-state index contributed by atoms with van der Waals surface area (Å²) >= 11 is 0. The molecular weight excluding hydrogens is 240 g/mol. The molecule has 0 radical (unpaired) electrons. The van der Waals surface area contributed by atoms with Gasteiger partial charge in [0.05, 0.1) is 7.11 Å². The number of rotatable bonds is 10. The largest absolute Gasteiger partial charge is 0.469 e. The van der Waals surface area contributed by atoms with E-state index in [1.54, 1.807) is 0 Å². The second kappa shape index (κ2) is 9.99. The molecule has 19 heavy (non-hydrogen) atoms. The Bertz CT molecular complexity index is 257. The minimum absolute atomic E-state index is 0.109. The third kappa shape index (κ3) is 6.74. The van der Waals surface area contributed by atoms with Gasteiger partial charge in [0.2, 0.25) is 0 Å². The van der Waals surface area contributed by atoms with Gasteiger partial charge in [0.15, 0.2) is 0 Å². The fraction of sp³-hybridized carbons (Fsp3) is 0.875. The summed E-state index contributed by atoms with van der Waals surface area (Å²) in [5.41, 5.74) is 0. The summed E-state index contributed by atoms with van der Waals surface area (Å²) in [5, 5.41) is 0. The number of ether oxygens (including phenoxy) is 1. The molecule has 0 saturated heterocycles. The first-order chi connectivity index (χ1) is 9.27. The summed E-state index contributed by atoms with van der Waals surface area (Å²) in [4.78, 5) is 22.0. The normalized spacial score (nSPS) is 17.3. The lowest BCUT2D eigenvalue weighted by Crippen LogP contribution is -2.13. The minimum atomic E-state index is -0.109. The van der Waals surface area contributed by atoms with Gasteiger partial charge >= 0.3 is 5.97 Å². The summed E-state index contributed by atoms with van der Waals surface area (Å²) in [6.07, 6.45) is 13.4. The predicted molar refractivity (Wildman–Crippen MR) is 75.8 cm³/mol. The van der Waals surface area contributed by atoms with Crippen LogP contribution in [0.25, 0.3) is 0 Å². The Labute approximate surface area is 117 Å². The van der Waals surface area contributed by atoms with Gasteiger partial charge in [-0.3, -0.25) is 4.79 Å². The Kier molecular flexibility index (Phi) is 8.52. The van der Waals surface area contributed by atoms with Crippen LogP contribution in [0.5, 0.6) is 0 Å². The van der Waals surface area contributed by atoms with Crippen molar-refractivity contribution in [1.82, 2.24) is 0 Å². The number of hydrogen-bond donors (Lipinski definition) is 0. The van der Waals surface area contributed by atoms with Gasteiger partial charge in [-0.1, -0.05) is 38.5 Å². The molecule has 1 fully saturated rings. The second-order valence-corrected chi connectivity index (χ2v) is 5.73. The van der Waals surface area contributed by atoms with Gasteiger partial charge in [-0.05, 0) is 31.6 Å². The highest BCUT2D eigenvalue weighted by atomic mass is 16.5. The van der Waals surface area contributed by atoms with Crippen molar-refractivity contribution in [3.05, 3.63) is 0 Å². The van der Waals surface area contributed by atoms with E-state index in [1.807, 2.05) is 0 Å². The van der Waals surface area contributed by atoms with Gasteiger partial charge in [0.25, 0.3) is 0 Å². The monoisotopic (exact) mass is 268 g/mol. The second-order valence-electron chi connectivity index (χ2n) is 5.73. The summed E-state index contributed by atoms with van der Waals surface area (Å²) < 4.78 is 4.60. The summed E-state index contributed by atoms with van der Waals surface area (Å²) in [7, 11) is 1.44. The molecule has 1 aliphatic carbocycles. The Morgan fingerprint density at radius 2 is 1.79 bits per heavy atom. The molecule has 3 heteroatoms. The van der Waals surface area contributed by atoms with E-state index in [4.69, 9.17) is 0 Å². The summed E-state index contributed by atoms with van der Waals surface area (Å²) in [6, 6.07) is 0. The molecule has 110 valence electrons. The van der Waals surface area contributed by atoms with Crippen molar-refractivity contribution in [3.63, 3.8) is 0 Å². The number of esters is 1. The van der Waals surface area contributed by atoms with E-state index in [0.29, 0.717) is 18.3 Å². The average molecular weight is 268 g/mol. The van der Waals surface area contributed by atoms with Gasteiger partial charge in [0, 0.05) is 12.3 Å². The SMILES string of the molecule is COC(=O)CCCCCCCC(C=O)C1CCCC1. The van der Waals surface area contributed by atoms with E-state index in [-0.39, 0.29) is 5.97 Å². The number of unbranched alkanes of at least 4 members (excludes halogenated alkanes) is 4. The highest BCUT2D eigenvalue weighted by Crippen LogP contribution is 2.33. The third-order valence-electron chi connectivity index (χ3n) is 4.33. The highest BCUT2D eigenvalue weighted by Gasteiger charge is 2.23. The Balaban J connectivity index is 1.97. The van der Waals surface area contributed by atoms with Gasteiger partial charge in [-0.25, -0.2) is 0 Å². The highest BCUT2D eigenvalue weighted by molar-refractivity contribution is 5.68. The molecule has 0 aromatic rings. The average Bonchev–Trinajstić information content (AvgIpc) is 2.95. The molecule has 1 unspecified atom stereocenters. The van der Waals surface area contributed by atoms with Crippen molar-refractivity contribution in [2.24, 2.45) is 11.8 Å². The van der Waals surface area contributed by atoms with Gasteiger partial charge < -0.3 is 9.53 Å². The number of aldehydes is 1. The Morgan fingerprint density at radius 1 is 1.16 bits per heavy atom. The first-order valence-corrected chi connectivity index (χ1v) is 7.80.